The van der Waals surface area contributed by atoms with Crippen molar-refractivity contribution in [3.05, 3.63) is 45.8 Å². The third-order valence-corrected chi connectivity index (χ3v) is 4.17. The Morgan fingerprint density at radius 2 is 2.08 bits per heavy atom. The minimum atomic E-state index is 0.0754. The molecule has 0 radical (unpaired) electrons. The predicted octanol–water partition coefficient (Wildman–Crippen LogP) is 4.07. The van der Waals surface area contributed by atoms with Gasteiger partial charge in [0.15, 0.2) is 0 Å². The van der Waals surface area contributed by atoms with Gasteiger partial charge < -0.3 is 14.2 Å². The van der Waals surface area contributed by atoms with Crippen LogP contribution in [0.3, 0.4) is 0 Å². The average Bonchev–Trinajstić information content (AvgIpc) is 2.84. The Bertz CT molecular complexity index is 693. The van der Waals surface area contributed by atoms with E-state index >= 15 is 0 Å². The Hall–Kier alpha value is -2.01. The second kappa shape index (κ2) is 8.20. The van der Waals surface area contributed by atoms with Crippen molar-refractivity contribution in [3.8, 4) is 5.75 Å². The third kappa shape index (κ3) is 4.74. The van der Waals surface area contributed by atoms with Gasteiger partial charge in [-0.15, -0.1) is 0 Å². The number of amides is 1. The Balaban J connectivity index is 1.76. The first-order valence-electron chi connectivity index (χ1n) is 7.93. The van der Waals surface area contributed by atoms with E-state index < -0.39 is 0 Å². The van der Waals surface area contributed by atoms with Crippen LogP contribution >= 0.6 is 11.6 Å². The molecule has 0 bridgehead atoms. The van der Waals surface area contributed by atoms with Crippen LogP contribution in [0.25, 0.3) is 0 Å². The lowest BCUT2D eigenvalue weighted by molar-refractivity contribution is -0.130. The number of aromatic nitrogens is 1. The molecule has 0 unspecified atom stereocenters. The second-order valence-electron chi connectivity index (χ2n) is 5.91. The van der Waals surface area contributed by atoms with E-state index in [4.69, 9.17) is 20.9 Å². The van der Waals surface area contributed by atoms with Gasteiger partial charge in [0.2, 0.25) is 5.91 Å². The SMILES string of the molecule is Cc1cc(Cl)ccc1OCCCC(=O)N(C)Cc1c(C)noc1C. The van der Waals surface area contributed by atoms with Crippen LogP contribution < -0.4 is 4.74 Å². The minimum Gasteiger partial charge on any atom is -0.493 e. The number of rotatable bonds is 7. The number of aryl methyl sites for hydroxylation is 3. The molecule has 0 atom stereocenters. The van der Waals surface area contributed by atoms with Crippen LogP contribution in [0.5, 0.6) is 5.75 Å². The fraction of sp³-hybridized carbons (Fsp3) is 0.444. The van der Waals surface area contributed by atoms with Crippen molar-refractivity contribution in [2.24, 2.45) is 0 Å². The quantitative estimate of drug-likeness (QED) is 0.706. The first-order chi connectivity index (χ1) is 11.4. The number of hydrogen-bond donors (Lipinski definition) is 0. The van der Waals surface area contributed by atoms with Gasteiger partial charge >= 0.3 is 0 Å². The molecule has 0 spiro atoms. The molecule has 2 aromatic rings. The molecule has 1 aromatic heterocycles. The molecular weight excluding hydrogens is 328 g/mol. The number of carbonyl (C=O) groups excluding carboxylic acids is 1. The van der Waals surface area contributed by atoms with E-state index in [-0.39, 0.29) is 5.91 Å². The molecule has 2 rings (SSSR count). The third-order valence-electron chi connectivity index (χ3n) is 3.93. The van der Waals surface area contributed by atoms with Gasteiger partial charge in [-0.25, -0.2) is 0 Å². The van der Waals surface area contributed by atoms with E-state index in [1.807, 2.05) is 32.9 Å². The first kappa shape index (κ1) is 18.3. The smallest absolute Gasteiger partial charge is 0.222 e. The molecule has 0 N–H and O–H groups in total. The topological polar surface area (TPSA) is 55.6 Å². The maximum absolute atomic E-state index is 12.2. The van der Waals surface area contributed by atoms with Gasteiger partial charge in [0.05, 0.1) is 18.8 Å². The molecule has 130 valence electrons. The van der Waals surface area contributed by atoms with E-state index in [0.29, 0.717) is 31.0 Å². The highest BCUT2D eigenvalue weighted by molar-refractivity contribution is 6.30. The molecule has 0 saturated heterocycles. The van der Waals surface area contributed by atoms with Crippen molar-refractivity contribution in [3.63, 3.8) is 0 Å². The number of carbonyl (C=O) groups is 1. The molecular formula is C18H23ClN2O3. The number of hydrogen-bond acceptors (Lipinski definition) is 4. The van der Waals surface area contributed by atoms with E-state index in [1.165, 1.54) is 0 Å². The fourth-order valence-electron chi connectivity index (χ4n) is 2.42. The van der Waals surface area contributed by atoms with Crippen LogP contribution in [0.1, 0.15) is 35.4 Å². The van der Waals surface area contributed by atoms with Crippen LogP contribution in [0.2, 0.25) is 5.02 Å². The summed E-state index contributed by atoms with van der Waals surface area (Å²) in [6.07, 6.45) is 1.10. The zero-order valence-electron chi connectivity index (χ0n) is 14.6. The monoisotopic (exact) mass is 350 g/mol. The Morgan fingerprint density at radius 1 is 1.33 bits per heavy atom. The highest BCUT2D eigenvalue weighted by Crippen LogP contribution is 2.22. The normalized spacial score (nSPS) is 10.7. The van der Waals surface area contributed by atoms with Crippen molar-refractivity contribution in [2.45, 2.75) is 40.2 Å². The summed E-state index contributed by atoms with van der Waals surface area (Å²) < 4.78 is 10.8. The lowest BCUT2D eigenvalue weighted by Gasteiger charge is -2.17. The molecule has 0 fully saturated rings. The molecule has 24 heavy (non-hydrogen) atoms. The Labute approximate surface area is 147 Å². The number of halogens is 1. The van der Waals surface area contributed by atoms with Crippen LogP contribution in [-0.4, -0.2) is 29.6 Å². The number of ether oxygens (including phenoxy) is 1. The summed E-state index contributed by atoms with van der Waals surface area (Å²) >= 11 is 5.92. The molecule has 0 aliphatic carbocycles. The summed E-state index contributed by atoms with van der Waals surface area (Å²) in [5, 5.41) is 4.60. The molecule has 1 aromatic carbocycles. The standard InChI is InChI=1S/C18H23ClN2O3/c1-12-10-15(19)7-8-17(12)23-9-5-6-18(22)21(4)11-16-13(2)20-24-14(16)3/h7-8,10H,5-6,9,11H2,1-4H3. The van der Waals surface area contributed by atoms with Crippen LogP contribution in [0.4, 0.5) is 0 Å². The van der Waals surface area contributed by atoms with Gasteiger partial charge in [-0.2, -0.15) is 0 Å². The van der Waals surface area contributed by atoms with E-state index in [1.54, 1.807) is 18.0 Å². The molecule has 0 aliphatic rings. The second-order valence-corrected chi connectivity index (χ2v) is 6.35. The first-order valence-corrected chi connectivity index (χ1v) is 8.31. The highest BCUT2D eigenvalue weighted by Gasteiger charge is 2.15. The zero-order valence-corrected chi connectivity index (χ0v) is 15.3. The Kier molecular flexibility index (Phi) is 6.26. The molecule has 0 saturated carbocycles. The van der Waals surface area contributed by atoms with Gasteiger partial charge in [-0.05, 0) is 51.0 Å². The van der Waals surface area contributed by atoms with Gasteiger partial charge in [0, 0.05) is 24.1 Å². The summed E-state index contributed by atoms with van der Waals surface area (Å²) in [5.41, 5.74) is 2.79. The van der Waals surface area contributed by atoms with E-state index in [2.05, 4.69) is 5.16 Å². The maximum Gasteiger partial charge on any atom is 0.222 e. The van der Waals surface area contributed by atoms with Crippen LogP contribution in [-0.2, 0) is 11.3 Å². The minimum absolute atomic E-state index is 0.0754. The summed E-state index contributed by atoms with van der Waals surface area (Å²) in [4.78, 5) is 13.9. The van der Waals surface area contributed by atoms with Crippen molar-refractivity contribution in [2.75, 3.05) is 13.7 Å². The van der Waals surface area contributed by atoms with E-state index in [0.717, 1.165) is 28.3 Å². The summed E-state index contributed by atoms with van der Waals surface area (Å²) in [6, 6.07) is 5.51. The number of nitrogens with zero attached hydrogens (tertiary/aromatic N) is 2. The average molecular weight is 351 g/mol. The zero-order chi connectivity index (χ0) is 17.7. The van der Waals surface area contributed by atoms with Crippen LogP contribution in [0.15, 0.2) is 22.7 Å². The summed E-state index contributed by atoms with van der Waals surface area (Å²) in [6.45, 7) is 6.69. The number of benzene rings is 1. The van der Waals surface area contributed by atoms with E-state index in [9.17, 15) is 4.79 Å². The van der Waals surface area contributed by atoms with Gasteiger partial charge in [-0.3, -0.25) is 4.79 Å². The van der Waals surface area contributed by atoms with Crippen molar-refractivity contribution >= 4 is 17.5 Å². The van der Waals surface area contributed by atoms with Crippen molar-refractivity contribution in [1.29, 1.82) is 0 Å². The Morgan fingerprint density at radius 3 is 2.71 bits per heavy atom. The van der Waals surface area contributed by atoms with Gasteiger partial charge in [0.25, 0.3) is 0 Å². The largest absolute Gasteiger partial charge is 0.493 e. The molecule has 1 heterocycles. The van der Waals surface area contributed by atoms with Crippen molar-refractivity contribution < 1.29 is 14.1 Å². The molecule has 6 heteroatoms. The van der Waals surface area contributed by atoms with Gasteiger partial charge in [-0.1, -0.05) is 16.8 Å². The summed E-state index contributed by atoms with van der Waals surface area (Å²) in [5.74, 6) is 1.64. The predicted molar refractivity (Wildman–Crippen MR) is 93.4 cm³/mol. The lowest BCUT2D eigenvalue weighted by Crippen LogP contribution is -2.26. The lowest BCUT2D eigenvalue weighted by atomic mass is 10.2. The highest BCUT2D eigenvalue weighted by atomic mass is 35.5. The van der Waals surface area contributed by atoms with Crippen molar-refractivity contribution in [1.82, 2.24) is 10.1 Å². The molecule has 0 aliphatic heterocycles. The van der Waals surface area contributed by atoms with Crippen LogP contribution in [0, 0.1) is 20.8 Å². The fourth-order valence-corrected chi connectivity index (χ4v) is 2.65. The van der Waals surface area contributed by atoms with Gasteiger partial charge in [0.1, 0.15) is 11.5 Å². The maximum atomic E-state index is 12.2. The summed E-state index contributed by atoms with van der Waals surface area (Å²) in [7, 11) is 1.79. The molecule has 5 nitrogen and oxygen atoms in total. The molecule has 1 amide bonds.